The first kappa shape index (κ1) is 16.3. The summed E-state index contributed by atoms with van der Waals surface area (Å²) in [7, 11) is 1.90. The van der Waals surface area contributed by atoms with Gasteiger partial charge in [-0.25, -0.2) is 0 Å². The lowest BCUT2D eigenvalue weighted by atomic mass is 9.84. The van der Waals surface area contributed by atoms with Crippen molar-refractivity contribution in [1.29, 1.82) is 0 Å². The fraction of sp³-hybridized carbons (Fsp3) is 0.625. The Kier molecular flexibility index (Phi) is 6.09. The Labute approximate surface area is 128 Å². The summed E-state index contributed by atoms with van der Waals surface area (Å²) < 4.78 is 16.8. The molecule has 1 saturated heterocycles. The molecule has 1 aliphatic heterocycles. The number of methoxy groups -OCH3 is 1. The molecule has 2 rings (SSSR count). The summed E-state index contributed by atoms with van der Waals surface area (Å²) in [5.74, 6) is 0.899. The van der Waals surface area contributed by atoms with E-state index in [1.54, 1.807) is 7.11 Å². The summed E-state index contributed by atoms with van der Waals surface area (Å²) in [4.78, 5) is 2.35. The number of ether oxygens (including phenoxy) is 2. The summed E-state index contributed by atoms with van der Waals surface area (Å²) in [6.07, 6.45) is 1.08. The quantitative estimate of drug-likeness (QED) is 0.722. The minimum atomic E-state index is 0.149. The van der Waals surface area contributed by atoms with E-state index < -0.39 is 0 Å². The Morgan fingerprint density at radius 1 is 1.33 bits per heavy atom. The van der Waals surface area contributed by atoms with Gasteiger partial charge in [0.05, 0.1) is 12.7 Å². The predicted molar refractivity (Wildman–Crippen MR) is 85.9 cm³/mol. The highest BCUT2D eigenvalue weighted by molar-refractivity contribution is 6.47. The summed E-state index contributed by atoms with van der Waals surface area (Å²) in [6.45, 7) is 8.78. The van der Waals surface area contributed by atoms with E-state index in [4.69, 9.17) is 14.1 Å². The maximum atomic E-state index is 5.92. The zero-order valence-corrected chi connectivity index (χ0v) is 13.5. The molecule has 0 bridgehead atoms. The van der Waals surface area contributed by atoms with Crippen LogP contribution in [0.2, 0.25) is 6.82 Å². The van der Waals surface area contributed by atoms with E-state index in [9.17, 15) is 0 Å². The predicted octanol–water partition coefficient (Wildman–Crippen LogP) is 2.48. The molecule has 0 saturated carbocycles. The van der Waals surface area contributed by atoms with Gasteiger partial charge in [-0.15, -0.1) is 0 Å². The molecule has 1 heterocycles. The maximum absolute atomic E-state index is 5.92. The van der Waals surface area contributed by atoms with E-state index >= 15 is 0 Å². The van der Waals surface area contributed by atoms with E-state index in [1.807, 2.05) is 12.1 Å². The van der Waals surface area contributed by atoms with Crippen molar-refractivity contribution in [3.8, 4) is 5.75 Å². The summed E-state index contributed by atoms with van der Waals surface area (Å²) in [6, 6.07) is 8.72. The molecule has 1 aromatic rings. The SMILES string of the molecule is COCCc1ccc(OCC2CN(C(C)C)B(C)O2)cc1. The van der Waals surface area contributed by atoms with Crippen LogP contribution in [0.25, 0.3) is 0 Å². The van der Waals surface area contributed by atoms with Crippen molar-refractivity contribution in [1.82, 2.24) is 4.81 Å². The molecule has 21 heavy (non-hydrogen) atoms. The molecular formula is C16H26BNO3. The molecular weight excluding hydrogens is 265 g/mol. The Morgan fingerprint density at radius 2 is 2.05 bits per heavy atom. The normalized spacial score (nSPS) is 19.5. The molecule has 0 aliphatic carbocycles. The van der Waals surface area contributed by atoms with Gasteiger partial charge in [0, 0.05) is 13.7 Å². The van der Waals surface area contributed by atoms with Gasteiger partial charge in [0.25, 0.3) is 0 Å². The van der Waals surface area contributed by atoms with E-state index in [0.29, 0.717) is 12.6 Å². The number of hydrogen-bond acceptors (Lipinski definition) is 4. The fourth-order valence-electron chi connectivity index (χ4n) is 2.67. The van der Waals surface area contributed by atoms with Crippen LogP contribution in [0.4, 0.5) is 0 Å². The molecule has 0 aromatic heterocycles. The highest BCUT2D eigenvalue weighted by Gasteiger charge is 2.35. The van der Waals surface area contributed by atoms with Crippen LogP contribution in [0, 0.1) is 0 Å². The van der Waals surface area contributed by atoms with E-state index in [-0.39, 0.29) is 13.2 Å². The molecule has 1 aliphatic rings. The molecule has 0 spiro atoms. The van der Waals surface area contributed by atoms with Crippen LogP contribution in [0.3, 0.4) is 0 Å². The first-order valence-corrected chi connectivity index (χ1v) is 7.72. The topological polar surface area (TPSA) is 30.9 Å². The Hall–Kier alpha value is -1.04. The van der Waals surface area contributed by atoms with Gasteiger partial charge in [-0.2, -0.15) is 0 Å². The van der Waals surface area contributed by atoms with Crippen molar-refractivity contribution in [2.75, 3.05) is 26.9 Å². The van der Waals surface area contributed by atoms with Crippen LogP contribution >= 0.6 is 0 Å². The van der Waals surface area contributed by atoms with Crippen LogP contribution in [0.15, 0.2) is 24.3 Å². The summed E-state index contributed by atoms with van der Waals surface area (Å²) in [5.41, 5.74) is 1.26. The van der Waals surface area contributed by atoms with Crippen molar-refractivity contribution < 1.29 is 14.1 Å². The monoisotopic (exact) mass is 291 g/mol. The van der Waals surface area contributed by atoms with Gasteiger partial charge in [0.1, 0.15) is 12.4 Å². The zero-order valence-electron chi connectivity index (χ0n) is 13.5. The van der Waals surface area contributed by atoms with Gasteiger partial charge in [0.2, 0.25) is 0 Å². The van der Waals surface area contributed by atoms with Gasteiger partial charge >= 0.3 is 7.05 Å². The minimum Gasteiger partial charge on any atom is -0.491 e. The second kappa shape index (κ2) is 7.83. The first-order chi connectivity index (χ1) is 10.1. The smallest absolute Gasteiger partial charge is 0.379 e. The van der Waals surface area contributed by atoms with E-state index in [1.165, 1.54) is 5.56 Å². The summed E-state index contributed by atoms with van der Waals surface area (Å²) >= 11 is 0. The van der Waals surface area contributed by atoms with Crippen molar-refractivity contribution in [2.24, 2.45) is 0 Å². The molecule has 0 radical (unpaired) electrons. The lowest BCUT2D eigenvalue weighted by Crippen LogP contribution is -2.37. The van der Waals surface area contributed by atoms with E-state index in [0.717, 1.165) is 25.3 Å². The molecule has 1 atom stereocenters. The van der Waals surface area contributed by atoms with Crippen molar-refractivity contribution >= 4 is 7.05 Å². The fourth-order valence-corrected chi connectivity index (χ4v) is 2.67. The second-order valence-corrected chi connectivity index (χ2v) is 5.85. The molecule has 116 valence electrons. The number of benzene rings is 1. The molecule has 0 amide bonds. The van der Waals surface area contributed by atoms with Crippen molar-refractivity contribution in [3.63, 3.8) is 0 Å². The maximum Gasteiger partial charge on any atom is 0.379 e. The Bertz CT molecular complexity index is 424. The van der Waals surface area contributed by atoms with Crippen molar-refractivity contribution in [2.45, 2.75) is 39.2 Å². The minimum absolute atomic E-state index is 0.149. The molecule has 0 N–H and O–H groups in total. The molecule has 5 heteroatoms. The van der Waals surface area contributed by atoms with Gasteiger partial charge < -0.3 is 18.9 Å². The molecule has 4 nitrogen and oxygen atoms in total. The lowest BCUT2D eigenvalue weighted by molar-refractivity contribution is 0.151. The molecule has 1 fully saturated rings. The number of hydrogen-bond donors (Lipinski definition) is 0. The average Bonchev–Trinajstić information content (AvgIpc) is 2.85. The van der Waals surface area contributed by atoms with Crippen LogP contribution in [-0.2, 0) is 15.8 Å². The van der Waals surface area contributed by atoms with Gasteiger partial charge in [0.15, 0.2) is 0 Å². The lowest BCUT2D eigenvalue weighted by Gasteiger charge is -2.21. The van der Waals surface area contributed by atoms with E-state index in [2.05, 4.69) is 37.6 Å². The highest BCUT2D eigenvalue weighted by atomic mass is 16.5. The standard InChI is InChI=1S/C16H26BNO3/c1-13(2)18-11-16(21-17(18)3)12-20-15-7-5-14(6-8-15)9-10-19-4/h5-8,13,16H,9-12H2,1-4H3. The number of rotatable bonds is 7. The summed E-state index contributed by atoms with van der Waals surface area (Å²) in [5, 5.41) is 0. The van der Waals surface area contributed by atoms with Crippen LogP contribution in [0.5, 0.6) is 5.75 Å². The average molecular weight is 291 g/mol. The third-order valence-corrected chi connectivity index (χ3v) is 3.89. The van der Waals surface area contributed by atoms with Crippen LogP contribution in [0.1, 0.15) is 19.4 Å². The highest BCUT2D eigenvalue weighted by Crippen LogP contribution is 2.18. The van der Waals surface area contributed by atoms with Gasteiger partial charge in [-0.05, 0) is 37.0 Å². The third-order valence-electron chi connectivity index (χ3n) is 3.89. The van der Waals surface area contributed by atoms with Crippen LogP contribution in [-0.4, -0.2) is 50.9 Å². The second-order valence-electron chi connectivity index (χ2n) is 5.85. The Morgan fingerprint density at radius 3 is 2.62 bits per heavy atom. The van der Waals surface area contributed by atoms with Gasteiger partial charge in [-0.3, -0.25) is 0 Å². The zero-order chi connectivity index (χ0) is 15.2. The molecule has 1 unspecified atom stereocenters. The molecule has 1 aromatic carbocycles. The largest absolute Gasteiger partial charge is 0.491 e. The number of nitrogens with zero attached hydrogens (tertiary/aromatic N) is 1. The first-order valence-electron chi connectivity index (χ1n) is 7.72. The van der Waals surface area contributed by atoms with Crippen molar-refractivity contribution in [3.05, 3.63) is 29.8 Å². The van der Waals surface area contributed by atoms with Crippen LogP contribution < -0.4 is 4.74 Å². The van der Waals surface area contributed by atoms with Gasteiger partial charge in [-0.1, -0.05) is 26.0 Å². The Balaban J connectivity index is 1.78. The third kappa shape index (κ3) is 4.73.